The molecule has 154 valence electrons. The van der Waals surface area contributed by atoms with Crippen LogP contribution in [0.3, 0.4) is 0 Å². The molecule has 4 unspecified atom stereocenters. The third kappa shape index (κ3) is 2.69. The molecule has 2 aliphatic heterocycles. The molecule has 1 fully saturated rings. The van der Waals surface area contributed by atoms with Crippen molar-refractivity contribution in [2.24, 2.45) is 5.41 Å². The molecule has 2 heterocycles. The Hall–Kier alpha value is -4.22. The van der Waals surface area contributed by atoms with Crippen molar-refractivity contribution in [1.82, 2.24) is 0 Å². The Labute approximate surface area is 185 Å². The first-order valence-corrected chi connectivity index (χ1v) is 10.3. The molecule has 0 aromatic heterocycles. The summed E-state index contributed by atoms with van der Waals surface area (Å²) in [6.45, 7) is 0. The van der Waals surface area contributed by atoms with Gasteiger partial charge in [0.1, 0.15) is 11.9 Å². The zero-order chi connectivity index (χ0) is 22.3. The number of fused-ring (bicyclic) bond motifs is 3. The fourth-order valence-corrected chi connectivity index (χ4v) is 5.13. The number of carbonyl (C=O) groups is 1. The van der Waals surface area contributed by atoms with E-state index in [1.807, 2.05) is 71.6 Å². The second-order valence-electron chi connectivity index (χ2n) is 8.05. The number of Topliss-reactive ketones (excluding diaryl/α,β-unsaturated/α-hetero) is 1. The smallest absolute Gasteiger partial charge is 0.186 e. The number of anilines is 1. The second-order valence-corrected chi connectivity index (χ2v) is 8.05. The van der Waals surface area contributed by atoms with Gasteiger partial charge in [-0.05, 0) is 41.5 Å². The standard InChI is InChI=1S/C27H18FN3O/c28-21-13-10-20(11-14-21)26(32)27(17-30)24-15-12-18-6-4-5-9-22(18)31(24)23(16-29)25(27)19-7-2-1-3-8-19/h1-15,23-25H. The quantitative estimate of drug-likeness (QED) is 0.553. The first kappa shape index (κ1) is 19.7. The van der Waals surface area contributed by atoms with E-state index in [1.54, 1.807) is 0 Å². The predicted octanol–water partition coefficient (Wildman–Crippen LogP) is 5.11. The molecular weight excluding hydrogens is 401 g/mol. The fraction of sp³-hybridized carbons (Fsp3) is 0.148. The number of nitrogens with zero attached hydrogens (tertiary/aromatic N) is 3. The summed E-state index contributed by atoms with van der Waals surface area (Å²) in [7, 11) is 0. The summed E-state index contributed by atoms with van der Waals surface area (Å²) in [5.41, 5.74) is 1.18. The summed E-state index contributed by atoms with van der Waals surface area (Å²) in [6, 6.07) is 25.5. The highest BCUT2D eigenvalue weighted by atomic mass is 19.1. The molecule has 0 aliphatic carbocycles. The fourth-order valence-electron chi connectivity index (χ4n) is 5.13. The van der Waals surface area contributed by atoms with Crippen molar-refractivity contribution in [3.63, 3.8) is 0 Å². The Balaban J connectivity index is 1.78. The minimum absolute atomic E-state index is 0.250. The zero-order valence-corrected chi connectivity index (χ0v) is 17.0. The summed E-state index contributed by atoms with van der Waals surface area (Å²) in [5, 5.41) is 20.9. The van der Waals surface area contributed by atoms with Crippen molar-refractivity contribution >= 4 is 17.5 Å². The van der Waals surface area contributed by atoms with Crippen molar-refractivity contribution in [3.8, 4) is 12.1 Å². The molecule has 0 radical (unpaired) electrons. The molecule has 4 nitrogen and oxygen atoms in total. The van der Waals surface area contributed by atoms with Crippen LogP contribution in [0, 0.1) is 33.9 Å². The number of hydrogen-bond donors (Lipinski definition) is 0. The SMILES string of the molecule is N#CC1C(c2ccccc2)C(C#N)(C(=O)c2ccc(F)cc2)C2C=Cc3ccccc3N12. The summed E-state index contributed by atoms with van der Waals surface area (Å²) in [6.07, 6.45) is 3.75. The van der Waals surface area contributed by atoms with Gasteiger partial charge in [-0.2, -0.15) is 10.5 Å². The van der Waals surface area contributed by atoms with Crippen LogP contribution < -0.4 is 4.90 Å². The van der Waals surface area contributed by atoms with Gasteiger partial charge in [0, 0.05) is 17.2 Å². The molecule has 0 saturated carbocycles. The Morgan fingerprint density at radius 1 is 0.938 bits per heavy atom. The molecule has 3 aromatic rings. The summed E-state index contributed by atoms with van der Waals surface area (Å²) in [5.74, 6) is -1.57. The zero-order valence-electron chi connectivity index (χ0n) is 17.0. The minimum atomic E-state index is -1.57. The van der Waals surface area contributed by atoms with E-state index in [-0.39, 0.29) is 5.56 Å². The first-order chi connectivity index (χ1) is 15.6. The maximum absolute atomic E-state index is 14.0. The highest BCUT2D eigenvalue weighted by Gasteiger charge is 2.64. The van der Waals surface area contributed by atoms with Gasteiger partial charge < -0.3 is 4.90 Å². The number of rotatable bonds is 3. The summed E-state index contributed by atoms with van der Waals surface area (Å²) < 4.78 is 13.6. The molecule has 0 amide bonds. The van der Waals surface area contributed by atoms with Gasteiger partial charge in [0.15, 0.2) is 11.2 Å². The molecule has 0 spiro atoms. The van der Waals surface area contributed by atoms with Gasteiger partial charge in [0.25, 0.3) is 0 Å². The molecule has 0 N–H and O–H groups in total. The highest BCUT2D eigenvalue weighted by Crippen LogP contribution is 2.56. The van der Waals surface area contributed by atoms with E-state index in [0.29, 0.717) is 0 Å². The molecule has 1 saturated heterocycles. The molecule has 32 heavy (non-hydrogen) atoms. The normalized spacial score (nSPS) is 25.3. The lowest BCUT2D eigenvalue weighted by molar-refractivity contribution is 0.0842. The maximum Gasteiger partial charge on any atom is 0.186 e. The third-order valence-corrected chi connectivity index (χ3v) is 6.50. The van der Waals surface area contributed by atoms with E-state index in [1.165, 1.54) is 24.3 Å². The highest BCUT2D eigenvalue weighted by molar-refractivity contribution is 6.05. The number of benzene rings is 3. The lowest BCUT2D eigenvalue weighted by Gasteiger charge is -2.35. The molecule has 2 aliphatic rings. The number of hydrogen-bond acceptors (Lipinski definition) is 4. The summed E-state index contributed by atoms with van der Waals surface area (Å²) in [4.78, 5) is 15.9. The van der Waals surface area contributed by atoms with Gasteiger partial charge in [-0.25, -0.2) is 4.39 Å². The monoisotopic (exact) mass is 419 g/mol. The van der Waals surface area contributed by atoms with Crippen LogP contribution in [0.25, 0.3) is 6.08 Å². The molecule has 0 bridgehead atoms. The number of nitriles is 2. The molecule has 4 atom stereocenters. The maximum atomic E-state index is 14.0. The van der Waals surface area contributed by atoms with Crippen LogP contribution >= 0.6 is 0 Å². The van der Waals surface area contributed by atoms with E-state index in [0.717, 1.165) is 16.8 Å². The van der Waals surface area contributed by atoms with Crippen LogP contribution in [0.4, 0.5) is 10.1 Å². The van der Waals surface area contributed by atoms with Gasteiger partial charge in [-0.1, -0.05) is 60.7 Å². The Bertz CT molecular complexity index is 1300. The van der Waals surface area contributed by atoms with Gasteiger partial charge >= 0.3 is 0 Å². The van der Waals surface area contributed by atoms with Crippen LogP contribution in [-0.2, 0) is 0 Å². The molecule has 5 heteroatoms. The first-order valence-electron chi connectivity index (χ1n) is 10.3. The molecular formula is C27H18FN3O. The number of halogens is 1. The van der Waals surface area contributed by atoms with Gasteiger partial charge in [0.05, 0.1) is 18.2 Å². The van der Waals surface area contributed by atoms with Crippen molar-refractivity contribution in [2.75, 3.05) is 4.90 Å². The van der Waals surface area contributed by atoms with Crippen LogP contribution in [-0.4, -0.2) is 17.9 Å². The lowest BCUT2D eigenvalue weighted by Crippen LogP contribution is -2.45. The summed E-state index contributed by atoms with van der Waals surface area (Å²) >= 11 is 0. The van der Waals surface area contributed by atoms with Crippen LogP contribution in [0.15, 0.2) is 84.9 Å². The minimum Gasteiger partial charge on any atom is -0.346 e. The average Bonchev–Trinajstić information content (AvgIpc) is 3.15. The topological polar surface area (TPSA) is 67.9 Å². The number of para-hydroxylation sites is 1. The van der Waals surface area contributed by atoms with Crippen LogP contribution in [0.2, 0.25) is 0 Å². The molecule has 5 rings (SSSR count). The number of ketones is 1. The molecule has 3 aromatic carbocycles. The second kappa shape index (κ2) is 7.48. The van der Waals surface area contributed by atoms with E-state index < -0.39 is 35.0 Å². The number of carbonyl (C=O) groups excluding carboxylic acids is 1. The van der Waals surface area contributed by atoms with Crippen molar-refractivity contribution in [3.05, 3.63) is 107 Å². The van der Waals surface area contributed by atoms with Gasteiger partial charge in [-0.3, -0.25) is 4.79 Å². The average molecular weight is 419 g/mol. The van der Waals surface area contributed by atoms with Crippen molar-refractivity contribution in [2.45, 2.75) is 18.0 Å². The van der Waals surface area contributed by atoms with Crippen LogP contribution in [0.1, 0.15) is 27.4 Å². The Morgan fingerprint density at radius 2 is 1.62 bits per heavy atom. The van der Waals surface area contributed by atoms with Gasteiger partial charge in [-0.15, -0.1) is 0 Å². The van der Waals surface area contributed by atoms with E-state index in [9.17, 15) is 19.7 Å². The van der Waals surface area contributed by atoms with E-state index in [2.05, 4.69) is 12.1 Å². The van der Waals surface area contributed by atoms with Crippen molar-refractivity contribution in [1.29, 1.82) is 10.5 Å². The van der Waals surface area contributed by atoms with E-state index in [4.69, 9.17) is 0 Å². The van der Waals surface area contributed by atoms with E-state index >= 15 is 0 Å². The van der Waals surface area contributed by atoms with Crippen LogP contribution in [0.5, 0.6) is 0 Å². The predicted molar refractivity (Wildman–Crippen MR) is 119 cm³/mol. The van der Waals surface area contributed by atoms with Gasteiger partial charge in [0.2, 0.25) is 0 Å². The largest absolute Gasteiger partial charge is 0.346 e. The third-order valence-electron chi connectivity index (χ3n) is 6.50. The Kier molecular flexibility index (Phi) is 4.61. The Morgan fingerprint density at radius 3 is 2.31 bits per heavy atom. The van der Waals surface area contributed by atoms with Crippen molar-refractivity contribution < 1.29 is 9.18 Å². The lowest BCUT2D eigenvalue weighted by atomic mass is 9.65.